The van der Waals surface area contributed by atoms with Crippen LogP contribution in [0.15, 0.2) is 12.1 Å². The number of benzene rings is 1. The second kappa shape index (κ2) is 6.92. The molecule has 1 aromatic rings. The Balaban J connectivity index is 2.52. The first kappa shape index (κ1) is 16.0. The lowest BCUT2D eigenvalue weighted by atomic mass is 10.0. The predicted octanol–water partition coefficient (Wildman–Crippen LogP) is 2.44. The van der Waals surface area contributed by atoms with Crippen LogP contribution in [-0.4, -0.2) is 32.8 Å². The van der Waals surface area contributed by atoms with E-state index in [9.17, 15) is 0 Å². The summed E-state index contributed by atoms with van der Waals surface area (Å²) in [6, 6.07) is 4.36. The fourth-order valence-electron chi connectivity index (χ4n) is 2.05. The summed E-state index contributed by atoms with van der Waals surface area (Å²) in [4.78, 5) is 0. The quantitative estimate of drug-likeness (QED) is 0.742. The summed E-state index contributed by atoms with van der Waals surface area (Å²) in [6.45, 7) is 10.6. The second-order valence-electron chi connectivity index (χ2n) is 5.81. The molecule has 3 heteroatoms. The Labute approximate surface area is 117 Å². The lowest BCUT2D eigenvalue weighted by Gasteiger charge is -2.24. The Kier molecular flexibility index (Phi) is 5.83. The summed E-state index contributed by atoms with van der Waals surface area (Å²) in [5, 5.41) is 6.80. The molecule has 0 atom stereocenters. The SMILES string of the molecule is CNC(C)(C)CNCCc1cc(C)c(OC)cc1C. The number of likely N-dealkylation sites (N-methyl/N-ethyl adjacent to an activating group) is 1. The predicted molar refractivity (Wildman–Crippen MR) is 82.2 cm³/mol. The summed E-state index contributed by atoms with van der Waals surface area (Å²) >= 11 is 0. The van der Waals surface area contributed by atoms with Crippen molar-refractivity contribution in [2.45, 2.75) is 39.7 Å². The fourth-order valence-corrected chi connectivity index (χ4v) is 2.05. The summed E-state index contributed by atoms with van der Waals surface area (Å²) < 4.78 is 5.34. The number of hydrogen-bond donors (Lipinski definition) is 2. The molecule has 0 heterocycles. The Morgan fingerprint density at radius 3 is 2.42 bits per heavy atom. The molecule has 0 spiro atoms. The van der Waals surface area contributed by atoms with Gasteiger partial charge < -0.3 is 15.4 Å². The highest BCUT2D eigenvalue weighted by atomic mass is 16.5. The highest BCUT2D eigenvalue weighted by Gasteiger charge is 2.13. The second-order valence-corrected chi connectivity index (χ2v) is 5.81. The third-order valence-corrected chi connectivity index (χ3v) is 3.67. The van der Waals surface area contributed by atoms with E-state index in [1.807, 2.05) is 7.05 Å². The number of ether oxygens (including phenoxy) is 1. The lowest BCUT2D eigenvalue weighted by molar-refractivity contribution is 0.395. The molecule has 0 fully saturated rings. The number of rotatable bonds is 7. The largest absolute Gasteiger partial charge is 0.496 e. The smallest absolute Gasteiger partial charge is 0.122 e. The van der Waals surface area contributed by atoms with Crippen LogP contribution in [0.1, 0.15) is 30.5 Å². The molecule has 1 aromatic carbocycles. The first-order valence-corrected chi connectivity index (χ1v) is 6.93. The van der Waals surface area contributed by atoms with Crippen molar-refractivity contribution in [2.24, 2.45) is 0 Å². The van der Waals surface area contributed by atoms with Gasteiger partial charge in [0.1, 0.15) is 5.75 Å². The van der Waals surface area contributed by atoms with Crippen LogP contribution < -0.4 is 15.4 Å². The van der Waals surface area contributed by atoms with Gasteiger partial charge in [0.05, 0.1) is 7.11 Å². The maximum Gasteiger partial charge on any atom is 0.122 e. The molecule has 0 bridgehead atoms. The van der Waals surface area contributed by atoms with Gasteiger partial charge >= 0.3 is 0 Å². The van der Waals surface area contributed by atoms with E-state index in [-0.39, 0.29) is 5.54 Å². The molecule has 3 nitrogen and oxygen atoms in total. The van der Waals surface area contributed by atoms with E-state index in [0.29, 0.717) is 0 Å². The maximum atomic E-state index is 5.34. The van der Waals surface area contributed by atoms with Gasteiger partial charge in [-0.25, -0.2) is 0 Å². The van der Waals surface area contributed by atoms with Crippen molar-refractivity contribution < 1.29 is 4.74 Å². The van der Waals surface area contributed by atoms with Gasteiger partial charge in [-0.1, -0.05) is 6.07 Å². The maximum absolute atomic E-state index is 5.34. The van der Waals surface area contributed by atoms with Crippen LogP contribution in [0, 0.1) is 13.8 Å². The van der Waals surface area contributed by atoms with E-state index in [4.69, 9.17) is 4.74 Å². The highest BCUT2D eigenvalue weighted by molar-refractivity contribution is 5.41. The molecule has 0 saturated heterocycles. The van der Waals surface area contributed by atoms with Crippen LogP contribution in [0.25, 0.3) is 0 Å². The van der Waals surface area contributed by atoms with E-state index >= 15 is 0 Å². The molecule has 0 radical (unpaired) electrons. The Morgan fingerprint density at radius 2 is 1.84 bits per heavy atom. The van der Waals surface area contributed by atoms with Crippen LogP contribution in [0.2, 0.25) is 0 Å². The molecule has 0 saturated carbocycles. The van der Waals surface area contributed by atoms with E-state index in [2.05, 4.69) is 50.5 Å². The van der Waals surface area contributed by atoms with Gasteiger partial charge in [0.2, 0.25) is 0 Å². The van der Waals surface area contributed by atoms with Crippen molar-refractivity contribution >= 4 is 0 Å². The monoisotopic (exact) mass is 264 g/mol. The summed E-state index contributed by atoms with van der Waals surface area (Å²) in [5.74, 6) is 0.977. The molecule has 0 unspecified atom stereocenters. The van der Waals surface area contributed by atoms with Crippen molar-refractivity contribution in [2.75, 3.05) is 27.2 Å². The third kappa shape index (κ3) is 4.84. The number of hydrogen-bond acceptors (Lipinski definition) is 3. The van der Waals surface area contributed by atoms with Crippen molar-refractivity contribution in [3.8, 4) is 5.75 Å². The Hall–Kier alpha value is -1.06. The van der Waals surface area contributed by atoms with E-state index < -0.39 is 0 Å². The van der Waals surface area contributed by atoms with Crippen molar-refractivity contribution in [1.29, 1.82) is 0 Å². The van der Waals surface area contributed by atoms with Gasteiger partial charge in [-0.05, 0) is 70.5 Å². The molecule has 0 aromatic heterocycles. The normalized spacial score (nSPS) is 11.7. The van der Waals surface area contributed by atoms with Crippen molar-refractivity contribution in [3.63, 3.8) is 0 Å². The van der Waals surface area contributed by atoms with Crippen molar-refractivity contribution in [3.05, 3.63) is 28.8 Å². The minimum Gasteiger partial charge on any atom is -0.496 e. The van der Waals surface area contributed by atoms with Crippen LogP contribution in [0.4, 0.5) is 0 Å². The minimum absolute atomic E-state index is 0.144. The fraction of sp³-hybridized carbons (Fsp3) is 0.625. The Bertz CT molecular complexity index is 413. The zero-order valence-corrected chi connectivity index (χ0v) is 13.2. The molecule has 0 aliphatic rings. The Morgan fingerprint density at radius 1 is 1.16 bits per heavy atom. The van der Waals surface area contributed by atoms with Crippen molar-refractivity contribution in [1.82, 2.24) is 10.6 Å². The van der Waals surface area contributed by atoms with E-state index in [1.165, 1.54) is 16.7 Å². The highest BCUT2D eigenvalue weighted by Crippen LogP contribution is 2.22. The molecular formula is C16H28N2O. The summed E-state index contributed by atoms with van der Waals surface area (Å²) in [7, 11) is 3.72. The topological polar surface area (TPSA) is 33.3 Å². The molecule has 0 aliphatic carbocycles. The van der Waals surface area contributed by atoms with Crippen LogP contribution >= 0.6 is 0 Å². The molecule has 1 rings (SSSR count). The molecule has 2 N–H and O–H groups in total. The molecular weight excluding hydrogens is 236 g/mol. The average molecular weight is 264 g/mol. The lowest BCUT2D eigenvalue weighted by Crippen LogP contribution is -2.46. The van der Waals surface area contributed by atoms with Gasteiger partial charge in [0.15, 0.2) is 0 Å². The molecule has 108 valence electrons. The number of nitrogens with one attached hydrogen (secondary N) is 2. The molecule has 19 heavy (non-hydrogen) atoms. The third-order valence-electron chi connectivity index (χ3n) is 3.67. The van der Waals surface area contributed by atoms with E-state index in [0.717, 1.165) is 25.3 Å². The first-order valence-electron chi connectivity index (χ1n) is 6.93. The zero-order chi connectivity index (χ0) is 14.5. The number of methoxy groups -OCH3 is 1. The zero-order valence-electron chi connectivity index (χ0n) is 13.2. The summed E-state index contributed by atoms with van der Waals surface area (Å²) in [5.41, 5.74) is 4.05. The first-order chi connectivity index (χ1) is 8.89. The molecule has 0 aliphatic heterocycles. The average Bonchev–Trinajstić information content (AvgIpc) is 2.38. The van der Waals surface area contributed by atoms with Crippen LogP contribution in [0.3, 0.4) is 0 Å². The van der Waals surface area contributed by atoms with Gasteiger partial charge in [-0.3, -0.25) is 0 Å². The van der Waals surface area contributed by atoms with Gasteiger partial charge in [0.25, 0.3) is 0 Å². The number of aryl methyl sites for hydroxylation is 2. The van der Waals surface area contributed by atoms with Gasteiger partial charge in [-0.2, -0.15) is 0 Å². The van der Waals surface area contributed by atoms with Crippen LogP contribution in [-0.2, 0) is 6.42 Å². The summed E-state index contributed by atoms with van der Waals surface area (Å²) in [6.07, 6.45) is 1.05. The van der Waals surface area contributed by atoms with Crippen LogP contribution in [0.5, 0.6) is 5.75 Å². The standard InChI is InChI=1S/C16H28N2O/c1-12-10-15(19-6)13(2)9-14(12)7-8-18-11-16(3,4)17-5/h9-10,17-18H,7-8,11H2,1-6H3. The van der Waals surface area contributed by atoms with E-state index in [1.54, 1.807) is 7.11 Å². The van der Waals surface area contributed by atoms with Gasteiger partial charge in [0, 0.05) is 12.1 Å². The minimum atomic E-state index is 0.144. The molecule has 0 amide bonds. The van der Waals surface area contributed by atoms with Gasteiger partial charge in [-0.15, -0.1) is 0 Å².